The Morgan fingerprint density at radius 3 is 2.28 bits per heavy atom. The van der Waals surface area contributed by atoms with Gasteiger partial charge in [0.05, 0.1) is 12.0 Å². The molecule has 1 heterocycles. The summed E-state index contributed by atoms with van der Waals surface area (Å²) < 4.78 is 30.9. The lowest BCUT2D eigenvalue weighted by Gasteiger charge is -2.38. The molecule has 1 amide bonds. The van der Waals surface area contributed by atoms with Gasteiger partial charge in [-0.1, -0.05) is 35.9 Å². The first-order valence-electron chi connectivity index (χ1n) is 10.0. The first kappa shape index (κ1) is 24.2. The number of esters is 1. The number of methoxy groups -OCH3 is 1. The fourth-order valence-electron chi connectivity index (χ4n) is 3.65. The lowest BCUT2D eigenvalue weighted by Crippen LogP contribution is -2.51. The van der Waals surface area contributed by atoms with Crippen LogP contribution >= 0.6 is 11.6 Å². The number of carbonyl (C=O) groups excluding carboxylic acids is 2. The van der Waals surface area contributed by atoms with Crippen LogP contribution in [-0.4, -0.2) is 81.8 Å². The van der Waals surface area contributed by atoms with Crippen LogP contribution in [0, 0.1) is 0 Å². The second kappa shape index (κ2) is 9.99. The van der Waals surface area contributed by atoms with E-state index in [1.165, 1.54) is 33.3 Å². The number of sulfonamides is 1. The number of ether oxygens (including phenoxy) is 1. The van der Waals surface area contributed by atoms with E-state index in [4.69, 9.17) is 16.3 Å². The average Bonchev–Trinajstić information content (AvgIpc) is 2.80. The van der Waals surface area contributed by atoms with Crippen LogP contribution in [0.4, 0.5) is 0 Å². The van der Waals surface area contributed by atoms with E-state index in [0.29, 0.717) is 42.3 Å². The van der Waals surface area contributed by atoms with Gasteiger partial charge in [-0.05, 0) is 29.8 Å². The molecule has 2 aromatic carbocycles. The number of hydrogen-bond acceptors (Lipinski definition) is 6. The van der Waals surface area contributed by atoms with Crippen molar-refractivity contribution in [1.82, 2.24) is 14.1 Å². The van der Waals surface area contributed by atoms with E-state index in [1.54, 1.807) is 35.2 Å². The SMILES string of the molecule is COC(=O)C(c1ccccc1Cl)N1CCN(C(=O)c2cccc(S(=O)(=O)N(C)C)c2)CC1. The van der Waals surface area contributed by atoms with E-state index >= 15 is 0 Å². The Kier molecular flexibility index (Phi) is 7.55. The zero-order chi connectivity index (χ0) is 23.5. The summed E-state index contributed by atoms with van der Waals surface area (Å²) in [7, 11) is 0.582. The molecular weight excluding hydrogens is 454 g/mol. The van der Waals surface area contributed by atoms with Gasteiger partial charge >= 0.3 is 5.97 Å². The molecule has 0 radical (unpaired) electrons. The Labute approximate surface area is 193 Å². The molecule has 1 aliphatic rings. The van der Waals surface area contributed by atoms with Crippen molar-refractivity contribution >= 4 is 33.5 Å². The molecule has 0 N–H and O–H groups in total. The molecule has 3 rings (SSSR count). The Morgan fingerprint density at radius 2 is 1.69 bits per heavy atom. The molecule has 32 heavy (non-hydrogen) atoms. The van der Waals surface area contributed by atoms with Gasteiger partial charge < -0.3 is 9.64 Å². The van der Waals surface area contributed by atoms with Gasteiger partial charge in [0.2, 0.25) is 10.0 Å². The fourth-order valence-corrected chi connectivity index (χ4v) is 4.83. The number of halogens is 1. The first-order chi connectivity index (χ1) is 15.2. The number of nitrogens with zero attached hydrogens (tertiary/aromatic N) is 3. The number of rotatable bonds is 6. The van der Waals surface area contributed by atoms with E-state index in [2.05, 4.69) is 0 Å². The second-order valence-corrected chi connectivity index (χ2v) is 10.1. The molecule has 0 saturated carbocycles. The second-order valence-electron chi connectivity index (χ2n) is 7.59. The Bertz CT molecular complexity index is 1100. The summed E-state index contributed by atoms with van der Waals surface area (Å²) in [4.78, 5) is 29.2. The topological polar surface area (TPSA) is 87.2 Å². The molecule has 0 aromatic heterocycles. The summed E-state index contributed by atoms with van der Waals surface area (Å²) in [6.07, 6.45) is 0. The van der Waals surface area contributed by atoms with Gasteiger partial charge in [0.1, 0.15) is 6.04 Å². The third-order valence-electron chi connectivity index (χ3n) is 5.45. The van der Waals surface area contributed by atoms with Gasteiger partial charge in [0.25, 0.3) is 5.91 Å². The van der Waals surface area contributed by atoms with Crippen LogP contribution in [0.3, 0.4) is 0 Å². The largest absolute Gasteiger partial charge is 0.468 e. The number of benzene rings is 2. The fraction of sp³-hybridized carbons (Fsp3) is 0.364. The first-order valence-corrected chi connectivity index (χ1v) is 11.9. The summed E-state index contributed by atoms with van der Waals surface area (Å²) in [5.41, 5.74) is 0.958. The highest BCUT2D eigenvalue weighted by atomic mass is 35.5. The molecule has 0 spiro atoms. The predicted molar refractivity (Wildman–Crippen MR) is 121 cm³/mol. The third kappa shape index (κ3) is 4.96. The van der Waals surface area contributed by atoms with Crippen LogP contribution < -0.4 is 0 Å². The van der Waals surface area contributed by atoms with Crippen molar-refractivity contribution in [3.8, 4) is 0 Å². The van der Waals surface area contributed by atoms with Gasteiger partial charge in [-0.3, -0.25) is 9.69 Å². The quantitative estimate of drug-likeness (QED) is 0.591. The highest BCUT2D eigenvalue weighted by Gasteiger charge is 2.34. The van der Waals surface area contributed by atoms with E-state index < -0.39 is 22.0 Å². The summed E-state index contributed by atoms with van der Waals surface area (Å²) in [5.74, 6) is -0.674. The molecule has 1 unspecified atom stereocenters. The van der Waals surface area contributed by atoms with E-state index in [-0.39, 0.29) is 10.8 Å². The molecule has 1 aliphatic heterocycles. The highest BCUT2D eigenvalue weighted by molar-refractivity contribution is 7.89. The van der Waals surface area contributed by atoms with Crippen molar-refractivity contribution in [2.45, 2.75) is 10.9 Å². The minimum atomic E-state index is -3.64. The van der Waals surface area contributed by atoms with E-state index in [9.17, 15) is 18.0 Å². The molecule has 8 nitrogen and oxygen atoms in total. The average molecular weight is 480 g/mol. The minimum Gasteiger partial charge on any atom is -0.468 e. The normalized spacial score (nSPS) is 16.1. The van der Waals surface area contributed by atoms with Crippen molar-refractivity contribution in [3.63, 3.8) is 0 Å². The van der Waals surface area contributed by atoms with Crippen LogP contribution in [-0.2, 0) is 19.6 Å². The molecule has 0 bridgehead atoms. The monoisotopic (exact) mass is 479 g/mol. The highest BCUT2D eigenvalue weighted by Crippen LogP contribution is 2.29. The molecular formula is C22H26ClN3O5S. The van der Waals surface area contributed by atoms with Crippen molar-refractivity contribution in [2.24, 2.45) is 0 Å². The molecule has 1 fully saturated rings. The molecule has 1 atom stereocenters. The number of hydrogen-bond donors (Lipinski definition) is 0. The van der Waals surface area contributed by atoms with Gasteiger partial charge in [0, 0.05) is 50.9 Å². The van der Waals surface area contributed by atoms with Crippen molar-refractivity contribution in [3.05, 3.63) is 64.7 Å². The van der Waals surface area contributed by atoms with Crippen molar-refractivity contribution in [2.75, 3.05) is 47.4 Å². The molecule has 0 aliphatic carbocycles. The van der Waals surface area contributed by atoms with E-state index in [1.807, 2.05) is 11.0 Å². The van der Waals surface area contributed by atoms with Gasteiger partial charge in [0.15, 0.2) is 0 Å². The van der Waals surface area contributed by atoms with Crippen molar-refractivity contribution in [1.29, 1.82) is 0 Å². The predicted octanol–water partition coefficient (Wildman–Crippen LogP) is 2.26. The maximum atomic E-state index is 13.0. The minimum absolute atomic E-state index is 0.0662. The number of amides is 1. The lowest BCUT2D eigenvalue weighted by atomic mass is 10.0. The smallest absolute Gasteiger partial charge is 0.327 e. The number of carbonyl (C=O) groups is 2. The summed E-state index contributed by atoms with van der Waals surface area (Å²) in [5, 5.41) is 0.473. The van der Waals surface area contributed by atoms with Crippen LogP contribution in [0.15, 0.2) is 53.4 Å². The van der Waals surface area contributed by atoms with Crippen LogP contribution in [0.2, 0.25) is 5.02 Å². The van der Waals surface area contributed by atoms with Gasteiger partial charge in [-0.15, -0.1) is 0 Å². The molecule has 10 heteroatoms. The van der Waals surface area contributed by atoms with E-state index in [0.717, 1.165) is 4.31 Å². The number of piperazine rings is 1. The zero-order valence-electron chi connectivity index (χ0n) is 18.2. The third-order valence-corrected chi connectivity index (χ3v) is 7.61. The van der Waals surface area contributed by atoms with Gasteiger partial charge in [-0.2, -0.15) is 0 Å². The summed E-state index contributed by atoms with van der Waals surface area (Å²) in [6.45, 7) is 1.63. The summed E-state index contributed by atoms with van der Waals surface area (Å²) in [6, 6.07) is 12.5. The molecule has 1 saturated heterocycles. The lowest BCUT2D eigenvalue weighted by molar-refractivity contribution is -0.148. The molecule has 2 aromatic rings. The van der Waals surface area contributed by atoms with Gasteiger partial charge in [-0.25, -0.2) is 17.5 Å². The maximum Gasteiger partial charge on any atom is 0.327 e. The van der Waals surface area contributed by atoms with Crippen LogP contribution in [0.1, 0.15) is 22.0 Å². The van der Waals surface area contributed by atoms with Crippen LogP contribution in [0.5, 0.6) is 0 Å². The Hall–Kier alpha value is -2.46. The zero-order valence-corrected chi connectivity index (χ0v) is 19.8. The standard InChI is InChI=1S/C22H26ClN3O5S/c1-24(2)32(29,30)17-8-6-7-16(15-17)21(27)26-13-11-25(12-14-26)20(22(28)31-3)18-9-4-5-10-19(18)23/h4-10,15,20H,11-14H2,1-3H3. The Morgan fingerprint density at radius 1 is 1.03 bits per heavy atom. The molecule has 172 valence electrons. The summed E-state index contributed by atoms with van der Waals surface area (Å²) >= 11 is 6.32. The maximum absolute atomic E-state index is 13.0. The Balaban J connectivity index is 1.76. The van der Waals surface area contributed by atoms with Crippen molar-refractivity contribution < 1.29 is 22.7 Å². The van der Waals surface area contributed by atoms with Crippen LogP contribution in [0.25, 0.3) is 0 Å².